The molecule has 2 N–H and O–H groups in total. The minimum atomic E-state index is -0.107. The van der Waals surface area contributed by atoms with Crippen LogP contribution in [0, 0.1) is 5.92 Å². The number of likely N-dealkylation sites (tertiary alicyclic amines) is 1. The standard InChI is InChI=1S/C16H22BrN3O/c1-11-3-2-8-20(10-11)16(21)15-9-14(18-19-15)12-4-6-13(17)7-5-12/h4-7,11,14-15,18-19H,2-3,8-10H2,1H3. The van der Waals surface area contributed by atoms with Crippen molar-refractivity contribution in [2.75, 3.05) is 13.1 Å². The lowest BCUT2D eigenvalue weighted by molar-refractivity contribution is -0.134. The highest BCUT2D eigenvalue weighted by atomic mass is 79.9. The zero-order valence-corrected chi connectivity index (χ0v) is 13.9. The molecule has 1 amide bonds. The number of hydrogen-bond donors (Lipinski definition) is 2. The average Bonchev–Trinajstić information content (AvgIpc) is 2.97. The molecule has 0 radical (unpaired) electrons. The van der Waals surface area contributed by atoms with Crippen LogP contribution in [0.4, 0.5) is 0 Å². The van der Waals surface area contributed by atoms with Crippen molar-refractivity contribution in [3.8, 4) is 0 Å². The molecule has 4 nitrogen and oxygen atoms in total. The lowest BCUT2D eigenvalue weighted by atomic mass is 9.98. The smallest absolute Gasteiger partial charge is 0.241 e. The van der Waals surface area contributed by atoms with E-state index in [4.69, 9.17) is 0 Å². The molecule has 114 valence electrons. The summed E-state index contributed by atoms with van der Waals surface area (Å²) in [4.78, 5) is 14.6. The van der Waals surface area contributed by atoms with Crippen molar-refractivity contribution in [2.24, 2.45) is 5.92 Å². The lowest BCUT2D eigenvalue weighted by Gasteiger charge is -2.32. The molecule has 0 aromatic heterocycles. The first kappa shape index (κ1) is 15.0. The normalized spacial score (nSPS) is 29.6. The third-order valence-electron chi connectivity index (χ3n) is 4.44. The first-order chi connectivity index (χ1) is 10.1. The molecule has 2 aliphatic heterocycles. The summed E-state index contributed by atoms with van der Waals surface area (Å²) in [5.74, 6) is 0.869. The van der Waals surface area contributed by atoms with E-state index in [1.165, 1.54) is 12.0 Å². The minimum absolute atomic E-state index is 0.107. The number of nitrogens with zero attached hydrogens (tertiary/aromatic N) is 1. The Labute approximate surface area is 134 Å². The van der Waals surface area contributed by atoms with Crippen LogP contribution in [-0.4, -0.2) is 29.9 Å². The summed E-state index contributed by atoms with van der Waals surface area (Å²) in [6.45, 7) is 4.04. The summed E-state index contributed by atoms with van der Waals surface area (Å²) >= 11 is 3.45. The van der Waals surface area contributed by atoms with Gasteiger partial charge in [-0.3, -0.25) is 4.79 Å². The van der Waals surface area contributed by atoms with Crippen LogP contribution in [0.1, 0.15) is 37.8 Å². The molecular formula is C16H22BrN3O. The molecule has 3 rings (SSSR count). The molecule has 1 aromatic rings. The van der Waals surface area contributed by atoms with E-state index >= 15 is 0 Å². The van der Waals surface area contributed by atoms with Crippen LogP contribution >= 0.6 is 15.9 Å². The zero-order valence-electron chi connectivity index (χ0n) is 12.3. The van der Waals surface area contributed by atoms with Crippen molar-refractivity contribution >= 4 is 21.8 Å². The van der Waals surface area contributed by atoms with Gasteiger partial charge in [-0.05, 0) is 42.9 Å². The Bertz CT molecular complexity index is 505. The molecule has 2 aliphatic rings. The van der Waals surface area contributed by atoms with E-state index in [1.807, 2.05) is 17.0 Å². The van der Waals surface area contributed by atoms with E-state index in [9.17, 15) is 4.79 Å². The summed E-state index contributed by atoms with van der Waals surface area (Å²) in [7, 11) is 0. The van der Waals surface area contributed by atoms with Gasteiger partial charge in [0.2, 0.25) is 5.91 Å². The third-order valence-corrected chi connectivity index (χ3v) is 4.97. The molecule has 0 spiro atoms. The number of carbonyl (C=O) groups excluding carboxylic acids is 1. The maximum absolute atomic E-state index is 12.6. The maximum atomic E-state index is 12.6. The largest absolute Gasteiger partial charge is 0.341 e. The summed E-state index contributed by atoms with van der Waals surface area (Å²) < 4.78 is 1.08. The second kappa shape index (κ2) is 6.46. The number of nitrogens with one attached hydrogen (secondary N) is 2. The van der Waals surface area contributed by atoms with Gasteiger partial charge in [0.1, 0.15) is 6.04 Å². The van der Waals surface area contributed by atoms with E-state index in [2.05, 4.69) is 45.8 Å². The topological polar surface area (TPSA) is 44.4 Å². The number of piperidine rings is 1. The van der Waals surface area contributed by atoms with Gasteiger partial charge in [0, 0.05) is 23.6 Å². The molecule has 3 atom stereocenters. The fraction of sp³-hybridized carbons (Fsp3) is 0.562. The number of carbonyl (C=O) groups is 1. The zero-order chi connectivity index (χ0) is 14.8. The Hall–Kier alpha value is -0.910. The van der Waals surface area contributed by atoms with Crippen molar-refractivity contribution in [3.05, 3.63) is 34.3 Å². The molecule has 2 fully saturated rings. The van der Waals surface area contributed by atoms with Crippen molar-refractivity contribution < 1.29 is 4.79 Å². The first-order valence-electron chi connectivity index (χ1n) is 7.69. The highest BCUT2D eigenvalue weighted by molar-refractivity contribution is 9.10. The Kier molecular flexibility index (Phi) is 4.62. The van der Waals surface area contributed by atoms with Gasteiger partial charge in [-0.1, -0.05) is 35.0 Å². The number of rotatable bonds is 2. The average molecular weight is 352 g/mol. The number of halogens is 1. The fourth-order valence-electron chi connectivity index (χ4n) is 3.24. The molecular weight excluding hydrogens is 330 g/mol. The highest BCUT2D eigenvalue weighted by Crippen LogP contribution is 2.25. The molecule has 0 saturated carbocycles. The van der Waals surface area contributed by atoms with E-state index in [0.29, 0.717) is 5.92 Å². The van der Waals surface area contributed by atoms with Crippen LogP contribution in [0.3, 0.4) is 0 Å². The van der Waals surface area contributed by atoms with Crippen LogP contribution in [-0.2, 0) is 4.79 Å². The van der Waals surface area contributed by atoms with Gasteiger partial charge in [-0.15, -0.1) is 0 Å². The highest BCUT2D eigenvalue weighted by Gasteiger charge is 2.34. The number of hydrazine groups is 1. The summed E-state index contributed by atoms with van der Waals surface area (Å²) in [6, 6.07) is 8.37. The molecule has 1 aromatic carbocycles. The predicted octanol–water partition coefficient (Wildman–Crippen LogP) is 2.62. The Morgan fingerprint density at radius 3 is 2.76 bits per heavy atom. The number of amides is 1. The van der Waals surface area contributed by atoms with Crippen molar-refractivity contribution in [1.29, 1.82) is 0 Å². The van der Waals surface area contributed by atoms with Crippen LogP contribution in [0.5, 0.6) is 0 Å². The SMILES string of the molecule is CC1CCCN(C(=O)C2CC(c3ccc(Br)cc3)NN2)C1. The predicted molar refractivity (Wildman–Crippen MR) is 86.5 cm³/mol. The Morgan fingerprint density at radius 2 is 2.05 bits per heavy atom. The van der Waals surface area contributed by atoms with Crippen molar-refractivity contribution in [2.45, 2.75) is 38.3 Å². The third kappa shape index (κ3) is 3.47. The van der Waals surface area contributed by atoms with Crippen LogP contribution < -0.4 is 10.9 Å². The Morgan fingerprint density at radius 1 is 1.29 bits per heavy atom. The second-order valence-corrected chi connectivity index (χ2v) is 7.13. The van der Waals surface area contributed by atoms with Crippen molar-refractivity contribution in [3.63, 3.8) is 0 Å². The van der Waals surface area contributed by atoms with Crippen molar-refractivity contribution in [1.82, 2.24) is 15.8 Å². The van der Waals surface area contributed by atoms with Gasteiger partial charge in [0.15, 0.2) is 0 Å². The van der Waals surface area contributed by atoms with Gasteiger partial charge < -0.3 is 4.90 Å². The molecule has 0 bridgehead atoms. The van der Waals surface area contributed by atoms with Gasteiger partial charge >= 0.3 is 0 Å². The van der Waals surface area contributed by atoms with Gasteiger partial charge in [-0.25, -0.2) is 10.9 Å². The van der Waals surface area contributed by atoms with E-state index in [1.54, 1.807) is 0 Å². The van der Waals surface area contributed by atoms with Crippen LogP contribution in [0.2, 0.25) is 0 Å². The van der Waals surface area contributed by atoms with Gasteiger partial charge in [-0.2, -0.15) is 0 Å². The van der Waals surface area contributed by atoms with E-state index in [0.717, 1.165) is 30.4 Å². The van der Waals surface area contributed by atoms with E-state index in [-0.39, 0.29) is 18.0 Å². The molecule has 5 heteroatoms. The number of hydrogen-bond acceptors (Lipinski definition) is 3. The molecule has 3 unspecified atom stereocenters. The van der Waals surface area contributed by atoms with Gasteiger partial charge in [0.05, 0.1) is 0 Å². The monoisotopic (exact) mass is 351 g/mol. The maximum Gasteiger partial charge on any atom is 0.241 e. The molecule has 2 heterocycles. The molecule has 2 saturated heterocycles. The summed E-state index contributed by atoms with van der Waals surface area (Å²) in [5.41, 5.74) is 7.66. The summed E-state index contributed by atoms with van der Waals surface area (Å²) in [5, 5.41) is 0. The second-order valence-electron chi connectivity index (χ2n) is 6.21. The molecule has 21 heavy (non-hydrogen) atoms. The fourth-order valence-corrected chi connectivity index (χ4v) is 3.51. The Balaban J connectivity index is 1.61. The number of benzene rings is 1. The summed E-state index contributed by atoms with van der Waals surface area (Å²) in [6.07, 6.45) is 3.18. The van der Waals surface area contributed by atoms with Gasteiger partial charge in [0.25, 0.3) is 0 Å². The van der Waals surface area contributed by atoms with E-state index < -0.39 is 0 Å². The molecule has 0 aliphatic carbocycles. The van der Waals surface area contributed by atoms with Crippen LogP contribution in [0.25, 0.3) is 0 Å². The lowest BCUT2D eigenvalue weighted by Crippen LogP contribution is -2.48. The first-order valence-corrected chi connectivity index (χ1v) is 8.48. The quantitative estimate of drug-likeness (QED) is 0.860. The van der Waals surface area contributed by atoms with Crippen LogP contribution in [0.15, 0.2) is 28.7 Å². The minimum Gasteiger partial charge on any atom is -0.341 e.